The van der Waals surface area contributed by atoms with Gasteiger partial charge < -0.3 is 19.1 Å². The van der Waals surface area contributed by atoms with Gasteiger partial charge in [0.05, 0.1) is 7.11 Å². The number of aromatic nitrogens is 3. The Balaban J connectivity index is 2.21. The number of carboxylic acid groups (broad SMARTS) is 1. The van der Waals surface area contributed by atoms with Gasteiger partial charge in [-0.15, -0.1) is 10.2 Å². The molecule has 0 amide bonds. The average Bonchev–Trinajstić information content (AvgIpc) is 2.76. The zero-order valence-corrected chi connectivity index (χ0v) is 11.5. The van der Waals surface area contributed by atoms with E-state index in [2.05, 4.69) is 10.2 Å². The highest BCUT2D eigenvalue weighted by Gasteiger charge is 2.14. The maximum absolute atomic E-state index is 11.2. The Morgan fingerprint density at radius 1 is 1.40 bits per heavy atom. The molecular formula is C13H15N3O4. The van der Waals surface area contributed by atoms with Gasteiger partial charge in [-0.25, -0.2) is 4.79 Å². The van der Waals surface area contributed by atoms with E-state index in [1.54, 1.807) is 16.7 Å². The maximum Gasteiger partial charge on any atom is 0.339 e. The van der Waals surface area contributed by atoms with Gasteiger partial charge in [0, 0.05) is 7.05 Å². The van der Waals surface area contributed by atoms with Crippen molar-refractivity contribution in [2.75, 3.05) is 7.11 Å². The normalized spacial score (nSPS) is 10.3. The van der Waals surface area contributed by atoms with Crippen LogP contribution in [-0.2, 0) is 13.7 Å². The maximum atomic E-state index is 11.2. The van der Waals surface area contributed by atoms with Crippen LogP contribution in [0, 0.1) is 6.92 Å². The van der Waals surface area contributed by atoms with Crippen molar-refractivity contribution < 1.29 is 19.4 Å². The summed E-state index contributed by atoms with van der Waals surface area (Å²) in [4.78, 5) is 11.2. The van der Waals surface area contributed by atoms with E-state index in [0.29, 0.717) is 11.6 Å². The molecule has 0 spiro atoms. The summed E-state index contributed by atoms with van der Waals surface area (Å²) < 4.78 is 12.3. The number of aromatic carboxylic acids is 1. The number of carboxylic acids is 1. The molecule has 0 atom stereocenters. The first-order valence-electron chi connectivity index (χ1n) is 5.92. The summed E-state index contributed by atoms with van der Waals surface area (Å²) >= 11 is 0. The smallest absolute Gasteiger partial charge is 0.339 e. The fraction of sp³-hybridized carbons (Fsp3) is 0.308. The minimum atomic E-state index is -1.08. The lowest BCUT2D eigenvalue weighted by Crippen LogP contribution is -2.07. The Bertz CT molecular complexity index is 637. The SMILES string of the molecule is COc1ccc(OCc2nnc(C)n2C)c(C(=O)O)c1. The predicted molar refractivity (Wildman–Crippen MR) is 70.0 cm³/mol. The summed E-state index contributed by atoms with van der Waals surface area (Å²) in [6, 6.07) is 4.62. The predicted octanol–water partition coefficient (Wildman–Crippen LogP) is 1.41. The van der Waals surface area contributed by atoms with Crippen LogP contribution in [-0.4, -0.2) is 33.0 Å². The highest BCUT2D eigenvalue weighted by Crippen LogP contribution is 2.24. The van der Waals surface area contributed by atoms with Crippen molar-refractivity contribution in [3.8, 4) is 11.5 Å². The summed E-state index contributed by atoms with van der Waals surface area (Å²) in [5.74, 6) is 1.03. The molecule has 0 fully saturated rings. The van der Waals surface area contributed by atoms with E-state index in [1.165, 1.54) is 13.2 Å². The zero-order valence-electron chi connectivity index (χ0n) is 11.5. The molecule has 1 heterocycles. The lowest BCUT2D eigenvalue weighted by molar-refractivity contribution is 0.0691. The minimum Gasteiger partial charge on any atom is -0.497 e. The average molecular weight is 277 g/mol. The summed E-state index contributed by atoms with van der Waals surface area (Å²) in [6.45, 7) is 1.97. The molecule has 1 aromatic heterocycles. The molecule has 0 radical (unpaired) electrons. The van der Waals surface area contributed by atoms with Crippen molar-refractivity contribution in [3.63, 3.8) is 0 Å². The molecule has 0 bridgehead atoms. The second-order valence-corrected chi connectivity index (χ2v) is 4.18. The zero-order chi connectivity index (χ0) is 14.7. The third kappa shape index (κ3) is 2.71. The van der Waals surface area contributed by atoms with Crippen LogP contribution in [0.2, 0.25) is 0 Å². The van der Waals surface area contributed by atoms with Crippen molar-refractivity contribution in [2.24, 2.45) is 7.05 Å². The quantitative estimate of drug-likeness (QED) is 0.889. The van der Waals surface area contributed by atoms with Crippen molar-refractivity contribution in [1.82, 2.24) is 14.8 Å². The monoisotopic (exact) mass is 277 g/mol. The van der Waals surface area contributed by atoms with E-state index in [-0.39, 0.29) is 17.9 Å². The lowest BCUT2D eigenvalue weighted by atomic mass is 10.2. The Morgan fingerprint density at radius 2 is 2.15 bits per heavy atom. The Labute approximate surface area is 115 Å². The second kappa shape index (κ2) is 5.60. The van der Waals surface area contributed by atoms with Crippen LogP contribution < -0.4 is 9.47 Å². The van der Waals surface area contributed by atoms with E-state index >= 15 is 0 Å². The van der Waals surface area contributed by atoms with Gasteiger partial charge in [0.2, 0.25) is 0 Å². The topological polar surface area (TPSA) is 86.5 Å². The van der Waals surface area contributed by atoms with E-state index in [9.17, 15) is 9.90 Å². The van der Waals surface area contributed by atoms with Gasteiger partial charge in [-0.05, 0) is 25.1 Å². The fourth-order valence-electron chi connectivity index (χ4n) is 1.65. The van der Waals surface area contributed by atoms with Crippen molar-refractivity contribution in [2.45, 2.75) is 13.5 Å². The van der Waals surface area contributed by atoms with Crippen molar-refractivity contribution >= 4 is 5.97 Å². The molecular weight excluding hydrogens is 262 g/mol. The molecule has 0 unspecified atom stereocenters. The van der Waals surface area contributed by atoms with Gasteiger partial charge in [0.1, 0.15) is 29.5 Å². The van der Waals surface area contributed by atoms with Crippen molar-refractivity contribution in [3.05, 3.63) is 35.4 Å². The second-order valence-electron chi connectivity index (χ2n) is 4.18. The summed E-state index contributed by atoms with van der Waals surface area (Å²) in [6.07, 6.45) is 0. The molecule has 1 N–H and O–H groups in total. The summed E-state index contributed by atoms with van der Waals surface area (Å²) in [7, 11) is 3.30. The van der Waals surface area contributed by atoms with Crippen LogP contribution in [0.25, 0.3) is 0 Å². The fourth-order valence-corrected chi connectivity index (χ4v) is 1.65. The van der Waals surface area contributed by atoms with E-state index in [0.717, 1.165) is 5.82 Å². The van der Waals surface area contributed by atoms with E-state index in [4.69, 9.17) is 9.47 Å². The molecule has 0 aliphatic heterocycles. The highest BCUT2D eigenvalue weighted by atomic mass is 16.5. The number of benzene rings is 1. The Hall–Kier alpha value is -2.57. The van der Waals surface area contributed by atoms with Crippen LogP contribution in [0.3, 0.4) is 0 Å². The number of methoxy groups -OCH3 is 1. The van der Waals surface area contributed by atoms with Crippen molar-refractivity contribution in [1.29, 1.82) is 0 Å². The molecule has 7 nitrogen and oxygen atoms in total. The van der Waals surface area contributed by atoms with Gasteiger partial charge in [-0.3, -0.25) is 0 Å². The van der Waals surface area contributed by atoms with Gasteiger partial charge in [0.15, 0.2) is 5.82 Å². The number of ether oxygens (including phenoxy) is 2. The molecule has 7 heteroatoms. The van der Waals surface area contributed by atoms with Crippen LogP contribution in [0.15, 0.2) is 18.2 Å². The highest BCUT2D eigenvalue weighted by molar-refractivity contribution is 5.91. The largest absolute Gasteiger partial charge is 0.497 e. The summed E-state index contributed by atoms with van der Waals surface area (Å²) in [5, 5.41) is 17.0. The first-order valence-corrected chi connectivity index (χ1v) is 5.92. The first-order chi connectivity index (χ1) is 9.52. The molecule has 1 aromatic carbocycles. The summed E-state index contributed by atoms with van der Waals surface area (Å²) in [5.41, 5.74) is 0.0447. The number of nitrogens with zero attached hydrogens (tertiary/aromatic N) is 3. The first kappa shape index (κ1) is 13.9. The number of aryl methyl sites for hydroxylation is 1. The van der Waals surface area contributed by atoms with Gasteiger partial charge in [0.25, 0.3) is 0 Å². The molecule has 0 saturated carbocycles. The molecule has 2 rings (SSSR count). The number of hydrogen-bond donors (Lipinski definition) is 1. The molecule has 106 valence electrons. The van der Waals surface area contributed by atoms with Gasteiger partial charge >= 0.3 is 5.97 Å². The Morgan fingerprint density at radius 3 is 2.70 bits per heavy atom. The standard InChI is InChI=1S/C13H15N3O4/c1-8-14-15-12(16(8)2)7-20-11-5-4-9(19-3)6-10(11)13(17)18/h4-6H,7H2,1-3H3,(H,17,18). The minimum absolute atomic E-state index is 0.0447. The van der Waals surface area contributed by atoms with Gasteiger partial charge in [-0.2, -0.15) is 0 Å². The third-order valence-electron chi connectivity index (χ3n) is 2.96. The lowest BCUT2D eigenvalue weighted by Gasteiger charge is -2.10. The molecule has 0 saturated heterocycles. The van der Waals surface area contributed by atoms with Gasteiger partial charge in [-0.1, -0.05) is 0 Å². The van der Waals surface area contributed by atoms with Crippen LogP contribution >= 0.6 is 0 Å². The Kier molecular flexibility index (Phi) is 3.88. The number of rotatable bonds is 5. The van der Waals surface area contributed by atoms with Crippen LogP contribution in [0.4, 0.5) is 0 Å². The third-order valence-corrected chi connectivity index (χ3v) is 2.96. The van der Waals surface area contributed by atoms with Crippen LogP contribution in [0.5, 0.6) is 11.5 Å². The molecule has 0 aliphatic rings. The molecule has 0 aliphatic carbocycles. The number of hydrogen-bond acceptors (Lipinski definition) is 5. The van der Waals surface area contributed by atoms with Crippen LogP contribution in [0.1, 0.15) is 22.0 Å². The molecule has 20 heavy (non-hydrogen) atoms. The molecule has 2 aromatic rings. The number of carbonyl (C=O) groups is 1. The van der Waals surface area contributed by atoms with E-state index in [1.807, 2.05) is 14.0 Å². The van der Waals surface area contributed by atoms with E-state index < -0.39 is 5.97 Å².